The second-order valence-electron chi connectivity index (χ2n) is 4.31. The van der Waals surface area contributed by atoms with Crippen LogP contribution in [0.4, 0.5) is 0 Å². The molecular formula is C14H13KO5S. The van der Waals surface area contributed by atoms with Crippen LogP contribution in [0.3, 0.4) is 0 Å². The van der Waals surface area contributed by atoms with E-state index >= 15 is 0 Å². The van der Waals surface area contributed by atoms with E-state index < -0.39 is 10.1 Å². The number of carbonyl (C=O) groups excluding carboxylic acids is 1. The van der Waals surface area contributed by atoms with Crippen molar-refractivity contribution in [2.24, 2.45) is 0 Å². The number of fused-ring (bicyclic) bond motifs is 1. The summed E-state index contributed by atoms with van der Waals surface area (Å²) in [6.45, 7) is 1.54. The third kappa shape index (κ3) is 4.85. The number of esters is 1. The second-order valence-corrected chi connectivity index (χ2v) is 5.66. The second kappa shape index (κ2) is 7.82. The monoisotopic (exact) mass is 332 g/mol. The summed E-state index contributed by atoms with van der Waals surface area (Å²) in [4.78, 5) is 10.5. The van der Waals surface area contributed by atoms with E-state index in [-0.39, 0.29) is 68.9 Å². The molecule has 0 aliphatic heterocycles. The van der Waals surface area contributed by atoms with Crippen molar-refractivity contribution in [3.8, 4) is 0 Å². The molecule has 0 N–H and O–H groups in total. The Balaban J connectivity index is 0.00000220. The molecule has 0 amide bonds. The number of benzene rings is 2. The van der Waals surface area contributed by atoms with Crippen molar-refractivity contribution in [1.82, 2.24) is 0 Å². The van der Waals surface area contributed by atoms with Crippen LogP contribution in [-0.4, -0.2) is 25.5 Å². The quantitative estimate of drug-likeness (QED) is 0.401. The van der Waals surface area contributed by atoms with Crippen molar-refractivity contribution in [2.75, 3.05) is 6.61 Å². The normalized spacial score (nSPS) is 11.0. The molecule has 0 aliphatic carbocycles. The van der Waals surface area contributed by atoms with E-state index in [4.69, 9.17) is 4.74 Å². The minimum Gasteiger partial charge on any atom is -0.744 e. The summed E-state index contributed by atoms with van der Waals surface area (Å²) in [5.74, 6) is -0.368. The van der Waals surface area contributed by atoms with Gasteiger partial charge in [-0.3, -0.25) is 4.79 Å². The molecule has 0 radical (unpaired) electrons. The molecule has 7 heteroatoms. The smallest absolute Gasteiger partial charge is 0.744 e. The average molecular weight is 332 g/mol. The van der Waals surface area contributed by atoms with Crippen molar-refractivity contribution >= 4 is 26.9 Å². The first kappa shape index (κ1) is 18.8. The average Bonchev–Trinajstić information content (AvgIpc) is 2.36. The molecule has 0 atom stereocenters. The summed E-state index contributed by atoms with van der Waals surface area (Å²) in [5.41, 5.74) is 0.828. The van der Waals surface area contributed by atoms with Gasteiger partial charge in [-0.15, -0.1) is 0 Å². The van der Waals surface area contributed by atoms with Crippen molar-refractivity contribution < 1.29 is 73.9 Å². The van der Waals surface area contributed by atoms with Crippen LogP contribution in [0.5, 0.6) is 0 Å². The Hall–Kier alpha value is -0.284. The van der Waals surface area contributed by atoms with Crippen molar-refractivity contribution in [2.45, 2.75) is 18.2 Å². The third-order valence-electron chi connectivity index (χ3n) is 2.92. The van der Waals surface area contributed by atoms with Gasteiger partial charge in [-0.05, 0) is 22.4 Å². The van der Waals surface area contributed by atoms with Gasteiger partial charge in [0.25, 0.3) is 0 Å². The Kier molecular flexibility index (Phi) is 6.99. The molecule has 21 heavy (non-hydrogen) atoms. The number of hydrogen-bond donors (Lipinski definition) is 0. The summed E-state index contributed by atoms with van der Waals surface area (Å²) in [6, 6.07) is 9.65. The molecular weight excluding hydrogens is 319 g/mol. The molecule has 0 bridgehead atoms. The van der Waals surface area contributed by atoms with Gasteiger partial charge in [0.05, 0.1) is 11.5 Å². The molecule has 2 aromatic rings. The number of hydrogen-bond acceptors (Lipinski definition) is 5. The van der Waals surface area contributed by atoms with E-state index in [2.05, 4.69) is 0 Å². The fourth-order valence-corrected chi connectivity index (χ4v) is 2.78. The van der Waals surface area contributed by atoms with Crippen LogP contribution in [0.1, 0.15) is 12.5 Å². The van der Waals surface area contributed by atoms with Gasteiger partial charge >= 0.3 is 57.4 Å². The van der Waals surface area contributed by atoms with Gasteiger partial charge in [-0.2, -0.15) is 0 Å². The van der Waals surface area contributed by atoms with Crippen LogP contribution in [-0.2, 0) is 26.1 Å². The first-order valence-corrected chi connectivity index (χ1v) is 7.40. The van der Waals surface area contributed by atoms with Gasteiger partial charge in [-0.1, -0.05) is 30.3 Å². The van der Waals surface area contributed by atoms with Gasteiger partial charge in [0.15, 0.2) is 0 Å². The van der Waals surface area contributed by atoms with E-state index in [1.807, 2.05) is 6.07 Å². The Labute approximate surface area is 165 Å². The fraction of sp³-hybridized carbons (Fsp3) is 0.214. The number of ether oxygens (including phenoxy) is 1. The Morgan fingerprint density at radius 2 is 1.76 bits per heavy atom. The predicted molar refractivity (Wildman–Crippen MR) is 72.2 cm³/mol. The van der Waals surface area contributed by atoms with Crippen LogP contribution in [0.2, 0.25) is 0 Å². The molecule has 0 saturated carbocycles. The van der Waals surface area contributed by atoms with Crippen LogP contribution >= 0.6 is 0 Å². The van der Waals surface area contributed by atoms with Crippen LogP contribution < -0.4 is 51.4 Å². The third-order valence-corrected chi connectivity index (χ3v) is 3.81. The van der Waals surface area contributed by atoms with Gasteiger partial charge in [-0.25, -0.2) is 8.42 Å². The Morgan fingerprint density at radius 1 is 1.14 bits per heavy atom. The van der Waals surface area contributed by atoms with Crippen molar-refractivity contribution in [3.05, 3.63) is 42.0 Å². The van der Waals surface area contributed by atoms with Crippen LogP contribution in [0.25, 0.3) is 10.8 Å². The first-order valence-electron chi connectivity index (χ1n) is 5.99. The molecule has 0 saturated heterocycles. The zero-order valence-electron chi connectivity index (χ0n) is 11.8. The minimum absolute atomic E-state index is 0. The van der Waals surface area contributed by atoms with E-state index in [0.29, 0.717) is 17.2 Å². The zero-order valence-corrected chi connectivity index (χ0v) is 15.8. The molecule has 0 aromatic heterocycles. The zero-order chi connectivity index (χ0) is 14.8. The SMILES string of the molecule is CC(=O)OCCc1cccc2c(S(=O)(=O)[O-])cccc12.[K+]. The van der Waals surface area contributed by atoms with Crippen LogP contribution in [0, 0.1) is 0 Å². The molecule has 0 unspecified atom stereocenters. The maximum Gasteiger partial charge on any atom is 1.00 e. The number of rotatable bonds is 4. The molecule has 106 valence electrons. The summed E-state index contributed by atoms with van der Waals surface area (Å²) in [6.07, 6.45) is 0.458. The molecule has 2 aromatic carbocycles. The number of carbonyl (C=O) groups is 1. The molecule has 0 heterocycles. The van der Waals surface area contributed by atoms with Crippen molar-refractivity contribution in [1.29, 1.82) is 0 Å². The molecule has 2 rings (SSSR count). The molecule has 5 nitrogen and oxygen atoms in total. The Bertz CT molecular complexity index is 755. The van der Waals surface area contributed by atoms with Crippen LogP contribution in [0.15, 0.2) is 41.3 Å². The summed E-state index contributed by atoms with van der Waals surface area (Å²) < 4.78 is 38.6. The maximum atomic E-state index is 11.2. The topological polar surface area (TPSA) is 83.5 Å². The minimum atomic E-state index is -4.52. The molecule has 0 aliphatic rings. The van der Waals surface area contributed by atoms with E-state index in [1.165, 1.54) is 19.1 Å². The van der Waals surface area contributed by atoms with Gasteiger partial charge in [0, 0.05) is 13.3 Å². The molecule has 0 spiro atoms. The van der Waals surface area contributed by atoms with Crippen molar-refractivity contribution in [3.63, 3.8) is 0 Å². The first-order chi connectivity index (χ1) is 9.39. The van der Waals surface area contributed by atoms with Gasteiger partial charge in [0.2, 0.25) is 0 Å². The predicted octanol–water partition coefficient (Wildman–Crippen LogP) is -1.15. The Morgan fingerprint density at radius 3 is 2.38 bits per heavy atom. The molecule has 0 fully saturated rings. The standard InChI is InChI=1S/C14H14O5S.K/c1-10(15)19-9-8-11-4-2-6-13-12(11)5-3-7-14(13)20(16,17)18;/h2-7H,8-9H2,1H3,(H,16,17,18);/q;+1/p-1. The summed E-state index contributed by atoms with van der Waals surface area (Å²) in [5, 5.41) is 1.07. The van der Waals surface area contributed by atoms with E-state index in [1.54, 1.807) is 18.2 Å². The van der Waals surface area contributed by atoms with E-state index in [0.717, 1.165) is 5.56 Å². The maximum absolute atomic E-state index is 11.2. The summed E-state index contributed by atoms with van der Waals surface area (Å²) >= 11 is 0. The summed E-state index contributed by atoms with van der Waals surface area (Å²) in [7, 11) is -4.52. The van der Waals surface area contributed by atoms with E-state index in [9.17, 15) is 17.8 Å². The van der Waals surface area contributed by atoms with Gasteiger partial charge < -0.3 is 9.29 Å². The fourth-order valence-electron chi connectivity index (χ4n) is 2.09. The largest absolute Gasteiger partial charge is 1.00 e. The van der Waals surface area contributed by atoms with Gasteiger partial charge in [0.1, 0.15) is 10.1 Å².